The molecule has 0 bridgehead atoms. The highest BCUT2D eigenvalue weighted by Crippen LogP contribution is 2.23. The predicted octanol–water partition coefficient (Wildman–Crippen LogP) is 2.16. The molecule has 3 aromatic rings. The molecular formula is C19H14N4O2S. The van der Waals surface area contributed by atoms with Gasteiger partial charge >= 0.3 is 0 Å². The van der Waals surface area contributed by atoms with Crippen LogP contribution in [0.5, 0.6) is 5.88 Å². The maximum Gasteiger partial charge on any atom is 0.262 e. The molecule has 4 rings (SSSR count). The molecule has 1 aromatic heterocycles. The first kappa shape index (κ1) is 16.2. The van der Waals surface area contributed by atoms with E-state index < -0.39 is 5.56 Å². The summed E-state index contributed by atoms with van der Waals surface area (Å²) in [4.78, 5) is 23.7. The Hall–Kier alpha value is -3.32. The molecule has 0 radical (unpaired) electrons. The van der Waals surface area contributed by atoms with Crippen LogP contribution in [0.15, 0.2) is 69.1 Å². The second-order valence-corrected chi connectivity index (χ2v) is 6.22. The number of aromatic hydroxyl groups is 1. The molecule has 0 atom stereocenters. The third-order valence-corrected chi connectivity index (χ3v) is 4.39. The molecule has 128 valence electrons. The third kappa shape index (κ3) is 2.68. The van der Waals surface area contributed by atoms with Crippen LogP contribution in [0.3, 0.4) is 0 Å². The third-order valence-electron chi connectivity index (χ3n) is 4.10. The van der Waals surface area contributed by atoms with Crippen molar-refractivity contribution in [3.8, 4) is 11.6 Å². The summed E-state index contributed by atoms with van der Waals surface area (Å²) in [5, 5.41) is 12.2. The smallest absolute Gasteiger partial charge is 0.262 e. The van der Waals surface area contributed by atoms with Gasteiger partial charge in [0.25, 0.3) is 5.56 Å². The maximum atomic E-state index is 12.4. The topological polar surface area (TPSA) is 82.7 Å². The normalized spacial score (nSPS) is 12.3. The molecule has 0 saturated heterocycles. The van der Waals surface area contributed by atoms with Gasteiger partial charge in [0.05, 0.1) is 16.4 Å². The van der Waals surface area contributed by atoms with Crippen molar-refractivity contribution in [1.29, 1.82) is 0 Å². The zero-order valence-corrected chi connectivity index (χ0v) is 14.6. The fraction of sp³-hybridized carbons (Fsp3) is 0.0526. The van der Waals surface area contributed by atoms with E-state index >= 15 is 0 Å². The van der Waals surface area contributed by atoms with Gasteiger partial charge in [-0.3, -0.25) is 14.3 Å². The second-order valence-electron chi connectivity index (χ2n) is 5.83. The number of hydrogen-bond donors (Lipinski definition) is 2. The Bertz CT molecular complexity index is 1270. The van der Waals surface area contributed by atoms with Gasteiger partial charge in [-0.15, -0.1) is 0 Å². The average molecular weight is 362 g/mol. The first-order valence-electron chi connectivity index (χ1n) is 7.93. The first-order chi connectivity index (χ1) is 12.5. The van der Waals surface area contributed by atoms with E-state index in [9.17, 15) is 9.90 Å². The van der Waals surface area contributed by atoms with Crippen molar-refractivity contribution in [2.45, 2.75) is 6.92 Å². The summed E-state index contributed by atoms with van der Waals surface area (Å²) in [6.45, 7) is 1.90. The molecule has 1 aliphatic rings. The van der Waals surface area contributed by atoms with Crippen LogP contribution >= 0.6 is 12.2 Å². The molecule has 0 aliphatic carbocycles. The Morgan fingerprint density at radius 2 is 1.69 bits per heavy atom. The standard InChI is InChI=1S/C19H14N4O2S/c1-11-6-2-5-9-15(11)23-18(25)12(17(24)22-19(23)26)10-16-20-13-7-3-4-8-14(13)21-16/h2-10,25H,1H3,(H,22,24,26). The van der Waals surface area contributed by atoms with Crippen molar-refractivity contribution < 1.29 is 5.11 Å². The van der Waals surface area contributed by atoms with Crippen LogP contribution in [-0.4, -0.2) is 14.7 Å². The molecule has 2 heterocycles. The molecule has 0 saturated carbocycles. The molecular weight excluding hydrogens is 348 g/mol. The number of aromatic amines is 1. The molecule has 26 heavy (non-hydrogen) atoms. The van der Waals surface area contributed by atoms with Crippen molar-refractivity contribution in [2.24, 2.45) is 9.98 Å². The van der Waals surface area contributed by atoms with E-state index in [1.54, 1.807) is 0 Å². The average Bonchev–Trinajstić information content (AvgIpc) is 3.02. The first-order valence-corrected chi connectivity index (χ1v) is 8.34. The lowest BCUT2D eigenvalue weighted by atomic mass is 10.2. The van der Waals surface area contributed by atoms with Gasteiger partial charge in [0.2, 0.25) is 5.88 Å². The Morgan fingerprint density at radius 1 is 1.08 bits per heavy atom. The summed E-state index contributed by atoms with van der Waals surface area (Å²) in [5.41, 5.74) is 1.16. The number of aryl methyl sites for hydroxylation is 1. The highest BCUT2D eigenvalue weighted by Gasteiger charge is 2.15. The summed E-state index contributed by atoms with van der Waals surface area (Å²) in [6.07, 6.45) is 1.46. The van der Waals surface area contributed by atoms with Crippen LogP contribution in [-0.2, 0) is 0 Å². The van der Waals surface area contributed by atoms with E-state index in [2.05, 4.69) is 15.0 Å². The van der Waals surface area contributed by atoms with Gasteiger partial charge in [-0.2, -0.15) is 0 Å². The largest absolute Gasteiger partial charge is 0.494 e. The van der Waals surface area contributed by atoms with Gasteiger partial charge in [0.1, 0.15) is 5.56 Å². The Labute approximate surface area is 153 Å². The van der Waals surface area contributed by atoms with Crippen LogP contribution in [0.4, 0.5) is 0 Å². The Morgan fingerprint density at radius 3 is 2.35 bits per heavy atom. The predicted molar refractivity (Wildman–Crippen MR) is 100 cm³/mol. The van der Waals surface area contributed by atoms with E-state index in [0.717, 1.165) is 16.3 Å². The zero-order chi connectivity index (χ0) is 18.3. The molecule has 1 aliphatic heterocycles. The summed E-state index contributed by atoms with van der Waals surface area (Å²) in [7, 11) is 0. The lowest BCUT2D eigenvalue weighted by molar-refractivity contribution is 0.431. The van der Waals surface area contributed by atoms with Crippen LogP contribution in [0, 0.1) is 11.7 Å². The van der Waals surface area contributed by atoms with Crippen LogP contribution in [0.25, 0.3) is 11.8 Å². The van der Waals surface area contributed by atoms with Crippen molar-refractivity contribution >= 4 is 18.3 Å². The van der Waals surface area contributed by atoms with Crippen LogP contribution in [0.1, 0.15) is 11.1 Å². The number of para-hydroxylation sites is 3. The fourth-order valence-corrected chi connectivity index (χ4v) is 3.10. The highest BCUT2D eigenvalue weighted by atomic mass is 32.1. The molecule has 0 amide bonds. The number of hydrogen-bond acceptors (Lipinski definition) is 5. The molecule has 0 spiro atoms. The van der Waals surface area contributed by atoms with Gasteiger partial charge in [-0.05, 0) is 42.9 Å². The van der Waals surface area contributed by atoms with Crippen molar-refractivity contribution in [3.05, 3.63) is 91.3 Å². The quantitative estimate of drug-likeness (QED) is 0.686. The Kier molecular flexibility index (Phi) is 3.85. The van der Waals surface area contributed by atoms with E-state index in [-0.39, 0.29) is 16.2 Å². The Balaban J connectivity index is 1.95. The minimum Gasteiger partial charge on any atom is -0.494 e. The lowest BCUT2D eigenvalue weighted by Crippen LogP contribution is -2.19. The highest BCUT2D eigenvalue weighted by molar-refractivity contribution is 7.71. The van der Waals surface area contributed by atoms with Crippen LogP contribution < -0.4 is 16.3 Å². The number of fused-ring (bicyclic) bond motifs is 1. The van der Waals surface area contributed by atoms with E-state index in [4.69, 9.17) is 12.2 Å². The van der Waals surface area contributed by atoms with Crippen molar-refractivity contribution in [2.75, 3.05) is 0 Å². The fourth-order valence-electron chi connectivity index (χ4n) is 2.83. The molecule has 6 nitrogen and oxygen atoms in total. The second kappa shape index (κ2) is 6.20. The molecule has 2 aromatic carbocycles. The number of H-pyrrole nitrogens is 1. The van der Waals surface area contributed by atoms with Gasteiger partial charge < -0.3 is 5.11 Å². The van der Waals surface area contributed by atoms with E-state index in [1.165, 1.54) is 10.6 Å². The van der Waals surface area contributed by atoms with E-state index in [1.807, 2.05) is 55.5 Å². The van der Waals surface area contributed by atoms with Crippen LogP contribution in [0.2, 0.25) is 0 Å². The number of nitrogens with zero attached hydrogens (tertiary/aromatic N) is 3. The van der Waals surface area contributed by atoms with Crippen molar-refractivity contribution in [3.63, 3.8) is 0 Å². The molecule has 2 N–H and O–H groups in total. The summed E-state index contributed by atoms with van der Waals surface area (Å²) in [6, 6.07) is 14.9. The monoisotopic (exact) mass is 362 g/mol. The maximum absolute atomic E-state index is 12.4. The number of benzene rings is 2. The number of aromatic nitrogens is 2. The summed E-state index contributed by atoms with van der Waals surface area (Å²) < 4.78 is 1.55. The van der Waals surface area contributed by atoms with E-state index in [0.29, 0.717) is 11.5 Å². The summed E-state index contributed by atoms with van der Waals surface area (Å²) in [5.74, 6) is 0.0994. The summed E-state index contributed by atoms with van der Waals surface area (Å²) >= 11 is 5.25. The number of rotatable bonds is 2. The SMILES string of the molecule is Cc1ccccc1-n1c(O)c(C=C2N=c3ccccc3=N2)c(=O)[nH]c1=S. The van der Waals surface area contributed by atoms with Gasteiger partial charge in [0.15, 0.2) is 10.6 Å². The molecule has 0 unspecified atom stereocenters. The molecule has 0 fully saturated rings. The number of nitrogens with one attached hydrogen (secondary N) is 1. The lowest BCUT2D eigenvalue weighted by Gasteiger charge is -2.13. The van der Waals surface area contributed by atoms with Gasteiger partial charge in [-0.25, -0.2) is 9.98 Å². The van der Waals surface area contributed by atoms with Crippen molar-refractivity contribution in [1.82, 2.24) is 9.55 Å². The minimum absolute atomic E-state index is 0.0529. The van der Waals surface area contributed by atoms with Gasteiger partial charge in [-0.1, -0.05) is 30.3 Å². The zero-order valence-electron chi connectivity index (χ0n) is 13.8. The molecule has 7 heteroatoms. The minimum atomic E-state index is -0.494. The van der Waals surface area contributed by atoms with Gasteiger partial charge in [0, 0.05) is 6.08 Å².